The molecule has 0 saturated heterocycles. The smallest absolute Gasteiger partial charge is 0.148 e. The molecule has 9 nitrogen and oxygen atoms in total. The molecular weight excluding hydrogens is 510 g/mol. The number of sulfone groups is 1. The van der Waals surface area contributed by atoms with Crippen LogP contribution in [0.5, 0.6) is 0 Å². The molecule has 202 valence electrons. The molecule has 0 spiro atoms. The molecule has 0 atom stereocenters. The van der Waals surface area contributed by atoms with Crippen LogP contribution in [0.4, 0.5) is 17.2 Å². The van der Waals surface area contributed by atoms with E-state index in [1.807, 2.05) is 59.2 Å². The van der Waals surface area contributed by atoms with E-state index in [2.05, 4.69) is 56.0 Å². The van der Waals surface area contributed by atoms with Crippen LogP contribution in [0, 0.1) is 0 Å². The fraction of sp³-hybridized carbons (Fsp3) is 0.276. The van der Waals surface area contributed by atoms with Crippen LogP contribution in [-0.4, -0.2) is 71.8 Å². The molecule has 0 aliphatic heterocycles. The molecule has 5 aromatic rings. The summed E-state index contributed by atoms with van der Waals surface area (Å²) >= 11 is 0. The normalized spacial score (nSPS) is 11.9. The lowest BCUT2D eigenvalue weighted by molar-refractivity contribution is 0.351. The van der Waals surface area contributed by atoms with Gasteiger partial charge in [0.1, 0.15) is 22.0 Å². The Bertz CT molecular complexity index is 1670. The quantitative estimate of drug-likeness (QED) is 0.221. The largest absolute Gasteiger partial charge is 0.385 e. The Morgan fingerprint density at radius 1 is 0.949 bits per heavy atom. The van der Waals surface area contributed by atoms with Crippen LogP contribution in [0.3, 0.4) is 0 Å². The first-order valence-corrected chi connectivity index (χ1v) is 15.0. The zero-order valence-corrected chi connectivity index (χ0v) is 23.0. The predicted octanol–water partition coefficient (Wildman–Crippen LogP) is 4.55. The Morgan fingerprint density at radius 3 is 2.59 bits per heavy atom. The van der Waals surface area contributed by atoms with Gasteiger partial charge in [0.05, 0.1) is 29.5 Å². The molecule has 3 aromatic carbocycles. The average molecular weight is 544 g/mol. The standard InChI is InChI=1S/C29H33N7O2S/c1-35(15-16-39(2,37)38)14-6-13-30-24-9-11-27-26(18-24)29(32-21-31-27)34-25-10-12-28-23(17-25)19-33-36(28)20-22-7-4-3-5-8-22/h3-5,7-12,17-19,21,30H,6,13-16,20H2,1-2H3,(H,31,32,34). The number of hydrogen-bond acceptors (Lipinski definition) is 8. The lowest BCUT2D eigenvalue weighted by Crippen LogP contribution is -2.27. The van der Waals surface area contributed by atoms with Crippen molar-refractivity contribution in [3.05, 3.63) is 84.8 Å². The van der Waals surface area contributed by atoms with Crippen LogP contribution in [-0.2, 0) is 16.4 Å². The minimum absolute atomic E-state index is 0.181. The van der Waals surface area contributed by atoms with Crippen molar-refractivity contribution in [2.45, 2.75) is 13.0 Å². The fourth-order valence-corrected chi connectivity index (χ4v) is 5.11. The van der Waals surface area contributed by atoms with Crippen LogP contribution in [0.25, 0.3) is 21.8 Å². The topological polar surface area (TPSA) is 105 Å². The first-order chi connectivity index (χ1) is 18.8. The Hall–Kier alpha value is -4.02. The highest BCUT2D eigenvalue weighted by molar-refractivity contribution is 7.90. The lowest BCUT2D eigenvalue weighted by atomic mass is 10.2. The minimum Gasteiger partial charge on any atom is -0.385 e. The maximum atomic E-state index is 11.4. The van der Waals surface area contributed by atoms with Gasteiger partial charge in [0.15, 0.2) is 0 Å². The van der Waals surface area contributed by atoms with Gasteiger partial charge in [-0.25, -0.2) is 18.4 Å². The van der Waals surface area contributed by atoms with Gasteiger partial charge in [0.2, 0.25) is 0 Å². The van der Waals surface area contributed by atoms with Gasteiger partial charge in [-0.2, -0.15) is 5.10 Å². The zero-order chi connectivity index (χ0) is 27.2. The molecule has 2 N–H and O–H groups in total. The summed E-state index contributed by atoms with van der Waals surface area (Å²) in [5.41, 5.74) is 5.05. The molecule has 10 heteroatoms. The number of benzene rings is 3. The molecule has 0 aliphatic carbocycles. The molecular formula is C29H33N7O2S. The maximum Gasteiger partial charge on any atom is 0.148 e. The fourth-order valence-electron chi connectivity index (χ4n) is 4.47. The third-order valence-electron chi connectivity index (χ3n) is 6.60. The van der Waals surface area contributed by atoms with E-state index >= 15 is 0 Å². The summed E-state index contributed by atoms with van der Waals surface area (Å²) in [6, 6.07) is 22.6. The van der Waals surface area contributed by atoms with Crippen molar-refractivity contribution < 1.29 is 8.42 Å². The van der Waals surface area contributed by atoms with E-state index in [9.17, 15) is 8.42 Å². The summed E-state index contributed by atoms with van der Waals surface area (Å²) in [5.74, 6) is 0.917. The van der Waals surface area contributed by atoms with E-state index in [0.29, 0.717) is 6.54 Å². The van der Waals surface area contributed by atoms with E-state index in [0.717, 1.165) is 65.1 Å². The number of hydrogen-bond donors (Lipinski definition) is 2. The van der Waals surface area contributed by atoms with Gasteiger partial charge in [0, 0.05) is 41.5 Å². The monoisotopic (exact) mass is 543 g/mol. The van der Waals surface area contributed by atoms with Crippen LogP contribution in [0.1, 0.15) is 12.0 Å². The second kappa shape index (κ2) is 11.8. The van der Waals surface area contributed by atoms with Gasteiger partial charge in [-0.3, -0.25) is 4.68 Å². The van der Waals surface area contributed by atoms with Crippen LogP contribution < -0.4 is 10.6 Å². The number of fused-ring (bicyclic) bond motifs is 2. The summed E-state index contributed by atoms with van der Waals surface area (Å²) in [5, 5.41) is 13.5. The molecule has 0 unspecified atom stereocenters. The Kier molecular flexibility index (Phi) is 8.04. The van der Waals surface area contributed by atoms with Gasteiger partial charge in [-0.1, -0.05) is 30.3 Å². The Balaban J connectivity index is 1.24. The van der Waals surface area contributed by atoms with E-state index in [4.69, 9.17) is 0 Å². The number of rotatable bonds is 12. The molecule has 5 rings (SSSR count). The Labute approximate surface area is 228 Å². The van der Waals surface area contributed by atoms with E-state index in [1.54, 1.807) is 6.33 Å². The van der Waals surface area contributed by atoms with E-state index in [1.165, 1.54) is 11.8 Å². The zero-order valence-electron chi connectivity index (χ0n) is 22.2. The predicted molar refractivity (Wildman–Crippen MR) is 158 cm³/mol. The first kappa shape index (κ1) is 26.6. The van der Waals surface area contributed by atoms with Crippen molar-refractivity contribution in [2.24, 2.45) is 0 Å². The summed E-state index contributed by atoms with van der Waals surface area (Å²) in [4.78, 5) is 11.0. The molecule has 0 saturated carbocycles. The summed E-state index contributed by atoms with van der Waals surface area (Å²) in [7, 11) is -0.995. The minimum atomic E-state index is -2.94. The third kappa shape index (κ3) is 7.10. The van der Waals surface area contributed by atoms with Crippen molar-refractivity contribution in [3.8, 4) is 0 Å². The highest BCUT2D eigenvalue weighted by Gasteiger charge is 2.09. The second-order valence-electron chi connectivity index (χ2n) is 9.85. The highest BCUT2D eigenvalue weighted by atomic mass is 32.2. The van der Waals surface area contributed by atoms with Gasteiger partial charge >= 0.3 is 0 Å². The summed E-state index contributed by atoms with van der Waals surface area (Å²) in [6.45, 7) is 2.85. The number of nitrogens with zero attached hydrogens (tertiary/aromatic N) is 5. The summed E-state index contributed by atoms with van der Waals surface area (Å²) in [6.07, 6.45) is 5.63. The molecule has 0 amide bonds. The van der Waals surface area contributed by atoms with Gasteiger partial charge < -0.3 is 15.5 Å². The molecule has 2 heterocycles. The maximum absolute atomic E-state index is 11.4. The van der Waals surface area contributed by atoms with E-state index in [-0.39, 0.29) is 5.75 Å². The van der Waals surface area contributed by atoms with Crippen molar-refractivity contribution in [2.75, 3.05) is 49.3 Å². The number of anilines is 3. The van der Waals surface area contributed by atoms with Crippen LogP contribution in [0.2, 0.25) is 0 Å². The van der Waals surface area contributed by atoms with Crippen molar-refractivity contribution in [3.63, 3.8) is 0 Å². The molecule has 39 heavy (non-hydrogen) atoms. The molecule has 2 aromatic heterocycles. The average Bonchev–Trinajstić information content (AvgIpc) is 3.32. The van der Waals surface area contributed by atoms with Crippen LogP contribution >= 0.6 is 0 Å². The first-order valence-electron chi connectivity index (χ1n) is 13.0. The lowest BCUT2D eigenvalue weighted by Gasteiger charge is -2.16. The second-order valence-corrected chi connectivity index (χ2v) is 12.1. The van der Waals surface area contributed by atoms with Gasteiger partial charge in [0.25, 0.3) is 0 Å². The molecule has 0 bridgehead atoms. The highest BCUT2D eigenvalue weighted by Crippen LogP contribution is 2.27. The van der Waals surface area contributed by atoms with E-state index < -0.39 is 9.84 Å². The molecule has 0 aliphatic rings. The van der Waals surface area contributed by atoms with Gasteiger partial charge in [-0.15, -0.1) is 0 Å². The van der Waals surface area contributed by atoms with Gasteiger partial charge in [-0.05, 0) is 62.0 Å². The SMILES string of the molecule is CN(CCCNc1ccc2ncnc(Nc3ccc4c(cnn4Cc4ccccc4)c3)c2c1)CCS(C)(=O)=O. The number of aromatic nitrogens is 4. The third-order valence-corrected chi connectivity index (χ3v) is 7.53. The van der Waals surface area contributed by atoms with Crippen molar-refractivity contribution in [1.29, 1.82) is 0 Å². The summed E-state index contributed by atoms with van der Waals surface area (Å²) < 4.78 is 24.7. The number of nitrogens with one attached hydrogen (secondary N) is 2. The molecule has 0 fully saturated rings. The molecule has 0 radical (unpaired) electrons. The van der Waals surface area contributed by atoms with Crippen molar-refractivity contribution in [1.82, 2.24) is 24.6 Å². The van der Waals surface area contributed by atoms with Crippen LogP contribution in [0.15, 0.2) is 79.3 Å². The Morgan fingerprint density at radius 2 is 1.77 bits per heavy atom. The van der Waals surface area contributed by atoms with Crippen molar-refractivity contribution >= 4 is 48.8 Å².